The maximum Gasteiger partial charge on any atom is 0.142 e. The van der Waals surface area contributed by atoms with Crippen LogP contribution in [0.3, 0.4) is 0 Å². The molecule has 3 nitrogen and oxygen atoms in total. The van der Waals surface area contributed by atoms with E-state index in [2.05, 4.69) is 20.8 Å². The fourth-order valence-electron chi connectivity index (χ4n) is 2.13. The maximum atomic E-state index is 5.86. The van der Waals surface area contributed by atoms with E-state index in [-0.39, 0.29) is 0 Å². The molecule has 0 radical (unpaired) electrons. The van der Waals surface area contributed by atoms with Crippen LogP contribution in [0.5, 0.6) is 5.75 Å². The van der Waals surface area contributed by atoms with Crippen molar-refractivity contribution >= 4 is 21.6 Å². The van der Waals surface area contributed by atoms with Gasteiger partial charge in [-0.2, -0.15) is 0 Å². The highest BCUT2D eigenvalue weighted by molar-refractivity contribution is 9.10. The number of likely N-dealkylation sites (tertiary alicyclic amines) is 1. The van der Waals surface area contributed by atoms with Gasteiger partial charge in [0.25, 0.3) is 0 Å². The van der Waals surface area contributed by atoms with Crippen LogP contribution in [-0.2, 0) is 0 Å². The molecule has 0 saturated carbocycles. The number of ether oxygens (including phenoxy) is 1. The molecule has 0 bridgehead atoms. The largest absolute Gasteiger partial charge is 0.491 e. The van der Waals surface area contributed by atoms with Crippen LogP contribution >= 0.6 is 15.9 Å². The summed E-state index contributed by atoms with van der Waals surface area (Å²) < 4.78 is 6.66. The number of hydrogen-bond donors (Lipinski definition) is 1. The Kier molecular flexibility index (Phi) is 4.68. The van der Waals surface area contributed by atoms with Gasteiger partial charge >= 0.3 is 0 Å². The predicted octanol–water partition coefficient (Wildman–Crippen LogP) is 2.90. The fraction of sp³-hybridized carbons (Fsp3) is 0.538. The number of nitrogens with zero attached hydrogens (tertiary/aromatic N) is 1. The smallest absolute Gasteiger partial charge is 0.142 e. The molecule has 0 amide bonds. The third kappa shape index (κ3) is 3.89. The number of nitrogens with two attached hydrogens (primary N) is 1. The lowest BCUT2D eigenvalue weighted by atomic mass is 10.3. The summed E-state index contributed by atoms with van der Waals surface area (Å²) >= 11 is 3.38. The van der Waals surface area contributed by atoms with Gasteiger partial charge in [0, 0.05) is 11.0 Å². The molecule has 2 N–H and O–H groups in total. The molecular weight excluding hydrogens is 280 g/mol. The zero-order chi connectivity index (χ0) is 12.1. The summed E-state index contributed by atoms with van der Waals surface area (Å²) in [4.78, 5) is 2.49. The van der Waals surface area contributed by atoms with Gasteiger partial charge in [0.05, 0.1) is 12.3 Å². The van der Waals surface area contributed by atoms with E-state index >= 15 is 0 Å². The SMILES string of the molecule is Nc1cc(Br)ccc1OCCCN1CCCC1. The summed E-state index contributed by atoms with van der Waals surface area (Å²) in [6.45, 7) is 4.37. The highest BCUT2D eigenvalue weighted by Crippen LogP contribution is 2.25. The van der Waals surface area contributed by atoms with Gasteiger partial charge in [-0.1, -0.05) is 15.9 Å². The molecule has 2 rings (SSSR count). The molecule has 1 aliphatic rings. The molecular formula is C13H19BrN2O. The highest BCUT2D eigenvalue weighted by Gasteiger charge is 2.10. The minimum atomic E-state index is 0.695. The van der Waals surface area contributed by atoms with Gasteiger partial charge in [0.2, 0.25) is 0 Å². The molecule has 0 atom stereocenters. The van der Waals surface area contributed by atoms with Gasteiger partial charge in [-0.05, 0) is 50.6 Å². The molecule has 0 aliphatic carbocycles. The number of anilines is 1. The van der Waals surface area contributed by atoms with Gasteiger partial charge in [-0.25, -0.2) is 0 Å². The fourth-order valence-corrected chi connectivity index (χ4v) is 2.51. The van der Waals surface area contributed by atoms with E-state index in [0.717, 1.165) is 29.8 Å². The molecule has 1 saturated heterocycles. The van der Waals surface area contributed by atoms with Crippen LogP contribution in [-0.4, -0.2) is 31.1 Å². The van der Waals surface area contributed by atoms with Crippen LogP contribution in [0.2, 0.25) is 0 Å². The number of benzene rings is 1. The standard InChI is InChI=1S/C13H19BrN2O/c14-11-4-5-13(12(15)10-11)17-9-3-8-16-6-1-2-7-16/h4-5,10H,1-3,6-9,15H2. The monoisotopic (exact) mass is 298 g/mol. The number of rotatable bonds is 5. The second-order valence-electron chi connectivity index (χ2n) is 4.43. The Hall–Kier alpha value is -0.740. The summed E-state index contributed by atoms with van der Waals surface area (Å²) in [7, 11) is 0. The summed E-state index contributed by atoms with van der Waals surface area (Å²) in [6.07, 6.45) is 3.76. The molecule has 1 aromatic carbocycles. The zero-order valence-electron chi connectivity index (χ0n) is 9.99. The van der Waals surface area contributed by atoms with E-state index in [1.807, 2.05) is 18.2 Å². The Morgan fingerprint density at radius 1 is 1.29 bits per heavy atom. The van der Waals surface area contributed by atoms with E-state index in [1.165, 1.54) is 25.9 Å². The summed E-state index contributed by atoms with van der Waals surface area (Å²) in [5, 5.41) is 0. The van der Waals surface area contributed by atoms with Crippen LogP contribution in [0.15, 0.2) is 22.7 Å². The van der Waals surface area contributed by atoms with Crippen molar-refractivity contribution in [3.8, 4) is 5.75 Å². The first-order chi connectivity index (χ1) is 8.25. The molecule has 4 heteroatoms. The van der Waals surface area contributed by atoms with Gasteiger partial charge < -0.3 is 15.4 Å². The van der Waals surface area contributed by atoms with Crippen LogP contribution in [0, 0.1) is 0 Å². The first-order valence-corrected chi connectivity index (χ1v) is 6.95. The Morgan fingerprint density at radius 2 is 2.06 bits per heavy atom. The van der Waals surface area contributed by atoms with E-state index in [9.17, 15) is 0 Å². The zero-order valence-corrected chi connectivity index (χ0v) is 11.6. The Morgan fingerprint density at radius 3 is 2.76 bits per heavy atom. The maximum absolute atomic E-state index is 5.86. The van der Waals surface area contributed by atoms with Crippen molar-refractivity contribution in [1.29, 1.82) is 0 Å². The minimum Gasteiger partial charge on any atom is -0.491 e. The predicted molar refractivity (Wildman–Crippen MR) is 74.3 cm³/mol. The van der Waals surface area contributed by atoms with Crippen molar-refractivity contribution in [3.05, 3.63) is 22.7 Å². The van der Waals surface area contributed by atoms with Crippen molar-refractivity contribution in [1.82, 2.24) is 4.90 Å². The topological polar surface area (TPSA) is 38.5 Å². The molecule has 1 aromatic rings. The quantitative estimate of drug-likeness (QED) is 0.671. The van der Waals surface area contributed by atoms with Crippen molar-refractivity contribution < 1.29 is 4.74 Å². The number of nitrogen functional groups attached to an aromatic ring is 1. The molecule has 0 aromatic heterocycles. The molecule has 17 heavy (non-hydrogen) atoms. The van der Waals surface area contributed by atoms with Crippen molar-refractivity contribution in [2.45, 2.75) is 19.3 Å². The second kappa shape index (κ2) is 6.26. The second-order valence-corrected chi connectivity index (χ2v) is 5.35. The normalized spacial score (nSPS) is 16.3. The average molecular weight is 299 g/mol. The highest BCUT2D eigenvalue weighted by atomic mass is 79.9. The Labute approximate surface area is 111 Å². The summed E-state index contributed by atoms with van der Waals surface area (Å²) in [5.74, 6) is 0.787. The van der Waals surface area contributed by atoms with E-state index < -0.39 is 0 Å². The molecule has 1 aliphatic heterocycles. The van der Waals surface area contributed by atoms with Crippen LogP contribution < -0.4 is 10.5 Å². The third-order valence-corrected chi connectivity index (χ3v) is 3.54. The third-order valence-electron chi connectivity index (χ3n) is 3.05. The average Bonchev–Trinajstić information content (AvgIpc) is 2.79. The van der Waals surface area contributed by atoms with E-state index in [4.69, 9.17) is 10.5 Å². The minimum absolute atomic E-state index is 0.695. The van der Waals surface area contributed by atoms with Crippen molar-refractivity contribution in [2.75, 3.05) is 32.0 Å². The van der Waals surface area contributed by atoms with E-state index in [1.54, 1.807) is 0 Å². The molecule has 1 heterocycles. The lowest BCUT2D eigenvalue weighted by Gasteiger charge is -2.15. The Balaban J connectivity index is 1.70. The van der Waals surface area contributed by atoms with Crippen LogP contribution in [0.4, 0.5) is 5.69 Å². The summed E-state index contributed by atoms with van der Waals surface area (Å²) in [5.41, 5.74) is 6.56. The van der Waals surface area contributed by atoms with Crippen LogP contribution in [0.1, 0.15) is 19.3 Å². The molecule has 0 spiro atoms. The molecule has 1 fully saturated rings. The number of hydrogen-bond acceptors (Lipinski definition) is 3. The van der Waals surface area contributed by atoms with Gasteiger partial charge in [-0.3, -0.25) is 0 Å². The lowest BCUT2D eigenvalue weighted by Crippen LogP contribution is -2.21. The Bertz CT molecular complexity index is 364. The molecule has 0 unspecified atom stereocenters. The van der Waals surface area contributed by atoms with E-state index in [0.29, 0.717) is 5.69 Å². The van der Waals surface area contributed by atoms with Crippen LogP contribution in [0.25, 0.3) is 0 Å². The number of halogens is 1. The first kappa shape index (κ1) is 12.7. The summed E-state index contributed by atoms with van der Waals surface area (Å²) in [6, 6.07) is 5.73. The first-order valence-electron chi connectivity index (χ1n) is 6.16. The van der Waals surface area contributed by atoms with Gasteiger partial charge in [-0.15, -0.1) is 0 Å². The lowest BCUT2D eigenvalue weighted by molar-refractivity contribution is 0.264. The molecule has 94 valence electrons. The van der Waals surface area contributed by atoms with Crippen molar-refractivity contribution in [3.63, 3.8) is 0 Å². The van der Waals surface area contributed by atoms with Gasteiger partial charge in [0.1, 0.15) is 5.75 Å². The van der Waals surface area contributed by atoms with Gasteiger partial charge in [0.15, 0.2) is 0 Å². The van der Waals surface area contributed by atoms with Crippen molar-refractivity contribution in [2.24, 2.45) is 0 Å².